The molecular formula is C14H18N4OS. The van der Waals surface area contributed by atoms with E-state index in [0.29, 0.717) is 5.95 Å². The molecule has 20 heavy (non-hydrogen) atoms. The van der Waals surface area contributed by atoms with Crippen LogP contribution in [0.15, 0.2) is 29.8 Å². The summed E-state index contributed by atoms with van der Waals surface area (Å²) in [5.74, 6) is 0.698. The lowest BCUT2D eigenvalue weighted by molar-refractivity contribution is 0.0398. The highest BCUT2D eigenvalue weighted by Crippen LogP contribution is 2.22. The van der Waals surface area contributed by atoms with Gasteiger partial charge >= 0.3 is 0 Å². The van der Waals surface area contributed by atoms with Gasteiger partial charge in [0.05, 0.1) is 23.8 Å². The van der Waals surface area contributed by atoms with Crippen LogP contribution in [-0.2, 0) is 4.74 Å². The van der Waals surface area contributed by atoms with Crippen LogP contribution in [0, 0.1) is 0 Å². The molecule has 5 nitrogen and oxygen atoms in total. The summed E-state index contributed by atoms with van der Waals surface area (Å²) in [5, 5.41) is 5.35. The molecule has 2 aromatic rings. The molecule has 1 aliphatic rings. The lowest BCUT2D eigenvalue weighted by atomic mass is 10.3. The molecule has 0 amide bonds. The van der Waals surface area contributed by atoms with Gasteiger partial charge in [-0.05, 0) is 17.5 Å². The first-order valence-corrected chi connectivity index (χ1v) is 7.71. The number of nitrogens with zero attached hydrogens (tertiary/aromatic N) is 3. The van der Waals surface area contributed by atoms with Crippen LogP contribution in [0.1, 0.15) is 0 Å². The second kappa shape index (κ2) is 6.78. The van der Waals surface area contributed by atoms with Gasteiger partial charge in [-0.1, -0.05) is 6.07 Å². The first kappa shape index (κ1) is 13.5. The van der Waals surface area contributed by atoms with Crippen LogP contribution in [0.5, 0.6) is 0 Å². The summed E-state index contributed by atoms with van der Waals surface area (Å²) in [7, 11) is 0. The first-order chi connectivity index (χ1) is 9.92. The molecule has 1 aliphatic heterocycles. The molecule has 0 aliphatic carbocycles. The lowest BCUT2D eigenvalue weighted by Crippen LogP contribution is -2.39. The summed E-state index contributed by atoms with van der Waals surface area (Å²) in [4.78, 5) is 12.4. The number of rotatable bonds is 5. The second-order valence-electron chi connectivity index (χ2n) is 4.62. The van der Waals surface area contributed by atoms with Crippen molar-refractivity contribution in [3.63, 3.8) is 0 Å². The zero-order valence-electron chi connectivity index (χ0n) is 11.3. The number of morpholine rings is 1. The number of hydrogen-bond acceptors (Lipinski definition) is 6. The molecule has 0 spiro atoms. The van der Waals surface area contributed by atoms with E-state index < -0.39 is 0 Å². The van der Waals surface area contributed by atoms with Crippen LogP contribution in [0.3, 0.4) is 0 Å². The topological polar surface area (TPSA) is 50.3 Å². The van der Waals surface area contributed by atoms with E-state index in [4.69, 9.17) is 4.74 Å². The average molecular weight is 290 g/mol. The van der Waals surface area contributed by atoms with Crippen LogP contribution >= 0.6 is 11.3 Å². The van der Waals surface area contributed by atoms with Crippen LogP contribution in [0.25, 0.3) is 10.6 Å². The number of thiophene rings is 1. The molecule has 0 radical (unpaired) electrons. The fourth-order valence-corrected chi connectivity index (χ4v) is 2.85. The summed E-state index contributed by atoms with van der Waals surface area (Å²) in [6, 6.07) is 6.05. The Morgan fingerprint density at radius 1 is 1.30 bits per heavy atom. The van der Waals surface area contributed by atoms with E-state index in [0.717, 1.165) is 45.1 Å². The van der Waals surface area contributed by atoms with Gasteiger partial charge in [0, 0.05) is 32.4 Å². The van der Waals surface area contributed by atoms with E-state index in [-0.39, 0.29) is 0 Å². The van der Waals surface area contributed by atoms with Gasteiger partial charge in [-0.15, -0.1) is 11.3 Å². The monoisotopic (exact) mass is 290 g/mol. The largest absolute Gasteiger partial charge is 0.379 e. The van der Waals surface area contributed by atoms with Crippen LogP contribution in [0.2, 0.25) is 0 Å². The number of aromatic nitrogens is 2. The fourth-order valence-electron chi connectivity index (χ4n) is 2.16. The summed E-state index contributed by atoms with van der Waals surface area (Å²) < 4.78 is 5.34. The Hall–Kier alpha value is -1.50. The number of hydrogen-bond donors (Lipinski definition) is 1. The van der Waals surface area contributed by atoms with Crippen molar-refractivity contribution in [1.82, 2.24) is 14.9 Å². The maximum Gasteiger partial charge on any atom is 0.223 e. The standard InChI is InChI=1S/C14H18N4OS/c1-2-13(20-11-1)12-3-4-15-14(17-12)16-5-6-18-7-9-19-10-8-18/h1-4,11H,5-10H2,(H,15,16,17). The molecule has 3 rings (SSSR count). The van der Waals surface area contributed by atoms with Crippen molar-refractivity contribution in [3.05, 3.63) is 29.8 Å². The van der Waals surface area contributed by atoms with Crippen molar-refractivity contribution >= 4 is 17.3 Å². The number of ether oxygens (including phenoxy) is 1. The van der Waals surface area contributed by atoms with E-state index in [1.165, 1.54) is 4.88 Å². The smallest absolute Gasteiger partial charge is 0.223 e. The van der Waals surface area contributed by atoms with Crippen LogP contribution in [-0.4, -0.2) is 54.3 Å². The van der Waals surface area contributed by atoms with Crippen molar-refractivity contribution in [1.29, 1.82) is 0 Å². The van der Waals surface area contributed by atoms with Crippen LogP contribution < -0.4 is 5.32 Å². The molecule has 1 saturated heterocycles. The lowest BCUT2D eigenvalue weighted by Gasteiger charge is -2.26. The molecule has 0 unspecified atom stereocenters. The fraction of sp³-hybridized carbons (Fsp3) is 0.429. The molecule has 0 saturated carbocycles. The van der Waals surface area contributed by atoms with Gasteiger partial charge in [0.15, 0.2) is 0 Å². The Balaban J connectivity index is 1.53. The summed E-state index contributed by atoms with van der Waals surface area (Å²) in [6.45, 7) is 5.55. The van der Waals surface area contributed by atoms with E-state index in [1.54, 1.807) is 17.5 Å². The third-order valence-corrected chi connectivity index (χ3v) is 4.14. The Kier molecular flexibility index (Phi) is 4.57. The molecule has 0 atom stereocenters. The van der Waals surface area contributed by atoms with Crippen molar-refractivity contribution in [2.45, 2.75) is 0 Å². The maximum absolute atomic E-state index is 5.34. The van der Waals surface area contributed by atoms with Crippen molar-refractivity contribution in [3.8, 4) is 10.6 Å². The molecule has 6 heteroatoms. The molecular weight excluding hydrogens is 272 g/mol. The quantitative estimate of drug-likeness (QED) is 0.912. The normalized spacial score (nSPS) is 16.2. The third-order valence-electron chi connectivity index (χ3n) is 3.24. The van der Waals surface area contributed by atoms with E-state index >= 15 is 0 Å². The van der Waals surface area contributed by atoms with Gasteiger partial charge in [-0.25, -0.2) is 9.97 Å². The molecule has 0 aromatic carbocycles. The second-order valence-corrected chi connectivity index (χ2v) is 5.57. The minimum Gasteiger partial charge on any atom is -0.379 e. The highest BCUT2D eigenvalue weighted by molar-refractivity contribution is 7.13. The zero-order chi connectivity index (χ0) is 13.6. The van der Waals surface area contributed by atoms with Gasteiger partial charge in [0.1, 0.15) is 0 Å². The van der Waals surface area contributed by atoms with Gasteiger partial charge in [-0.3, -0.25) is 4.90 Å². The Morgan fingerprint density at radius 2 is 2.20 bits per heavy atom. The highest BCUT2D eigenvalue weighted by atomic mass is 32.1. The van der Waals surface area contributed by atoms with Crippen molar-refractivity contribution < 1.29 is 4.74 Å². The Labute approximate surface area is 122 Å². The minimum atomic E-state index is 0.698. The third kappa shape index (κ3) is 3.53. The molecule has 0 bridgehead atoms. The maximum atomic E-state index is 5.34. The molecule has 2 aromatic heterocycles. The van der Waals surface area contributed by atoms with Crippen molar-refractivity contribution in [2.24, 2.45) is 0 Å². The Bertz CT molecular complexity index is 526. The molecule has 3 heterocycles. The molecule has 1 N–H and O–H groups in total. The predicted octanol–water partition coefficient (Wildman–Crippen LogP) is 1.95. The number of nitrogens with one attached hydrogen (secondary N) is 1. The van der Waals surface area contributed by atoms with E-state index in [2.05, 4.69) is 31.6 Å². The van der Waals surface area contributed by atoms with E-state index in [1.807, 2.05) is 12.1 Å². The Morgan fingerprint density at radius 3 is 3.00 bits per heavy atom. The summed E-state index contributed by atoms with van der Waals surface area (Å²) in [6.07, 6.45) is 1.80. The average Bonchev–Trinajstić information content (AvgIpc) is 3.03. The zero-order valence-corrected chi connectivity index (χ0v) is 12.1. The summed E-state index contributed by atoms with van der Waals surface area (Å²) in [5.41, 5.74) is 0.976. The van der Waals surface area contributed by atoms with Gasteiger partial charge in [0.25, 0.3) is 0 Å². The number of anilines is 1. The molecule has 106 valence electrons. The highest BCUT2D eigenvalue weighted by Gasteiger charge is 2.09. The summed E-state index contributed by atoms with van der Waals surface area (Å²) >= 11 is 1.69. The van der Waals surface area contributed by atoms with Gasteiger partial charge in [0.2, 0.25) is 5.95 Å². The van der Waals surface area contributed by atoms with E-state index in [9.17, 15) is 0 Å². The SMILES string of the molecule is c1csc(-c2ccnc(NCCN3CCOCC3)n2)c1. The van der Waals surface area contributed by atoms with Crippen LogP contribution in [0.4, 0.5) is 5.95 Å². The predicted molar refractivity (Wildman–Crippen MR) is 81.1 cm³/mol. The first-order valence-electron chi connectivity index (χ1n) is 6.83. The van der Waals surface area contributed by atoms with Gasteiger partial charge in [-0.2, -0.15) is 0 Å². The van der Waals surface area contributed by atoms with Crippen molar-refractivity contribution in [2.75, 3.05) is 44.7 Å². The van der Waals surface area contributed by atoms with Gasteiger partial charge < -0.3 is 10.1 Å². The minimum absolute atomic E-state index is 0.698. The molecule has 1 fully saturated rings.